The minimum Gasteiger partial charge on any atom is -0.497 e. The molecule has 1 atom stereocenters. The summed E-state index contributed by atoms with van der Waals surface area (Å²) < 4.78 is 19.3. The highest BCUT2D eigenvalue weighted by Gasteiger charge is 2.32. The lowest BCUT2D eigenvalue weighted by Crippen LogP contribution is -2.39. The third-order valence-corrected chi connectivity index (χ3v) is 5.74. The maximum absolute atomic E-state index is 14.0. The number of nitrogens with zero attached hydrogens (tertiary/aromatic N) is 4. The summed E-state index contributed by atoms with van der Waals surface area (Å²) in [6.07, 6.45) is 4.42. The van der Waals surface area contributed by atoms with Gasteiger partial charge in [0.25, 0.3) is 5.91 Å². The Hall–Kier alpha value is -3.48. The van der Waals surface area contributed by atoms with Crippen LogP contribution in [-0.2, 0) is 0 Å². The molecule has 1 unspecified atom stereocenters. The molecule has 1 amide bonds. The first-order valence-corrected chi connectivity index (χ1v) is 10.7. The lowest BCUT2D eigenvalue weighted by atomic mass is 9.93. The SMILES string of the molecule is COc1cccc(C(=O)N2CCCCC2c2nc(N(C)C)ncc2-c2cccc(F)c2)c1. The van der Waals surface area contributed by atoms with Crippen molar-refractivity contribution in [3.63, 3.8) is 0 Å². The number of methoxy groups -OCH3 is 1. The van der Waals surface area contributed by atoms with Crippen molar-refractivity contribution >= 4 is 11.9 Å². The van der Waals surface area contributed by atoms with Crippen molar-refractivity contribution in [1.29, 1.82) is 0 Å². The van der Waals surface area contributed by atoms with E-state index in [9.17, 15) is 9.18 Å². The molecule has 1 fully saturated rings. The van der Waals surface area contributed by atoms with E-state index < -0.39 is 0 Å². The van der Waals surface area contributed by atoms with E-state index in [-0.39, 0.29) is 17.8 Å². The molecule has 4 rings (SSSR count). The van der Waals surface area contributed by atoms with E-state index in [0.29, 0.717) is 29.4 Å². The summed E-state index contributed by atoms with van der Waals surface area (Å²) in [7, 11) is 5.34. The maximum Gasteiger partial charge on any atom is 0.254 e. The second-order valence-electron chi connectivity index (χ2n) is 8.12. The molecule has 166 valence electrons. The number of halogens is 1. The minimum atomic E-state index is -0.321. The quantitative estimate of drug-likeness (QED) is 0.581. The van der Waals surface area contributed by atoms with Gasteiger partial charge in [0.15, 0.2) is 0 Å². The topological polar surface area (TPSA) is 58.6 Å². The molecule has 0 saturated carbocycles. The van der Waals surface area contributed by atoms with Gasteiger partial charge in [-0.2, -0.15) is 0 Å². The van der Waals surface area contributed by atoms with E-state index >= 15 is 0 Å². The van der Waals surface area contributed by atoms with E-state index in [1.807, 2.05) is 42.1 Å². The Kier molecular flexibility index (Phi) is 6.35. The predicted molar refractivity (Wildman–Crippen MR) is 122 cm³/mol. The van der Waals surface area contributed by atoms with Crippen LogP contribution in [0.25, 0.3) is 11.1 Å². The van der Waals surface area contributed by atoms with Crippen LogP contribution in [0.1, 0.15) is 41.4 Å². The molecule has 1 aliphatic rings. The van der Waals surface area contributed by atoms with Crippen molar-refractivity contribution in [2.45, 2.75) is 25.3 Å². The lowest BCUT2D eigenvalue weighted by Gasteiger charge is -2.36. The average Bonchev–Trinajstić information content (AvgIpc) is 2.83. The Morgan fingerprint density at radius 3 is 2.72 bits per heavy atom. The summed E-state index contributed by atoms with van der Waals surface area (Å²) in [5, 5.41) is 0. The Labute approximate surface area is 187 Å². The van der Waals surface area contributed by atoms with Crippen LogP contribution in [0.5, 0.6) is 5.75 Å². The zero-order valence-electron chi connectivity index (χ0n) is 18.6. The van der Waals surface area contributed by atoms with Crippen molar-refractivity contribution < 1.29 is 13.9 Å². The molecule has 7 heteroatoms. The van der Waals surface area contributed by atoms with Gasteiger partial charge in [-0.15, -0.1) is 0 Å². The highest BCUT2D eigenvalue weighted by atomic mass is 19.1. The van der Waals surface area contributed by atoms with Crippen molar-refractivity contribution in [3.05, 3.63) is 71.8 Å². The van der Waals surface area contributed by atoms with Crippen molar-refractivity contribution in [3.8, 4) is 16.9 Å². The first kappa shape index (κ1) is 21.7. The molecule has 0 aliphatic carbocycles. The van der Waals surface area contributed by atoms with Crippen LogP contribution in [-0.4, -0.2) is 48.5 Å². The van der Waals surface area contributed by atoms with E-state index in [4.69, 9.17) is 9.72 Å². The van der Waals surface area contributed by atoms with Gasteiger partial charge in [0.1, 0.15) is 11.6 Å². The molecular weight excluding hydrogens is 407 g/mol. The minimum absolute atomic E-state index is 0.0659. The normalized spacial score (nSPS) is 16.0. The summed E-state index contributed by atoms with van der Waals surface area (Å²) in [5.74, 6) is 0.809. The molecule has 32 heavy (non-hydrogen) atoms. The van der Waals surface area contributed by atoms with Crippen LogP contribution in [0, 0.1) is 5.82 Å². The first-order valence-electron chi connectivity index (χ1n) is 10.7. The number of hydrogen-bond donors (Lipinski definition) is 0. The molecule has 0 spiro atoms. The number of piperidine rings is 1. The molecule has 2 heterocycles. The van der Waals surface area contributed by atoms with Crippen LogP contribution >= 0.6 is 0 Å². The zero-order chi connectivity index (χ0) is 22.7. The van der Waals surface area contributed by atoms with Crippen LogP contribution in [0.2, 0.25) is 0 Å². The number of amides is 1. The fourth-order valence-electron chi connectivity index (χ4n) is 4.11. The summed E-state index contributed by atoms with van der Waals surface area (Å²) in [5.41, 5.74) is 2.76. The third kappa shape index (κ3) is 4.42. The number of hydrogen-bond acceptors (Lipinski definition) is 5. The number of carbonyl (C=O) groups excluding carboxylic acids is 1. The van der Waals surface area contributed by atoms with Gasteiger partial charge in [-0.3, -0.25) is 4.79 Å². The number of ether oxygens (including phenoxy) is 1. The summed E-state index contributed by atoms with van der Waals surface area (Å²) >= 11 is 0. The summed E-state index contributed by atoms with van der Waals surface area (Å²) in [4.78, 5) is 26.5. The molecular formula is C25H27FN4O2. The number of aromatic nitrogens is 2. The van der Waals surface area contributed by atoms with E-state index in [1.165, 1.54) is 12.1 Å². The van der Waals surface area contributed by atoms with Gasteiger partial charge in [0.05, 0.1) is 18.8 Å². The highest BCUT2D eigenvalue weighted by molar-refractivity contribution is 5.95. The van der Waals surface area contributed by atoms with Crippen molar-refractivity contribution in [2.75, 3.05) is 32.6 Å². The van der Waals surface area contributed by atoms with Crippen LogP contribution < -0.4 is 9.64 Å². The zero-order valence-corrected chi connectivity index (χ0v) is 18.6. The number of benzene rings is 2. The second kappa shape index (κ2) is 9.34. The maximum atomic E-state index is 14.0. The lowest BCUT2D eigenvalue weighted by molar-refractivity contribution is 0.0606. The van der Waals surface area contributed by atoms with Gasteiger partial charge >= 0.3 is 0 Å². The van der Waals surface area contributed by atoms with E-state index in [1.54, 1.807) is 31.5 Å². The Bertz CT molecular complexity index is 1120. The molecule has 3 aromatic rings. The van der Waals surface area contributed by atoms with Gasteiger partial charge in [0.2, 0.25) is 5.95 Å². The fraction of sp³-hybridized carbons (Fsp3) is 0.320. The van der Waals surface area contributed by atoms with E-state index in [2.05, 4.69) is 4.98 Å². The van der Waals surface area contributed by atoms with E-state index in [0.717, 1.165) is 30.5 Å². The van der Waals surface area contributed by atoms with Gasteiger partial charge in [-0.05, 0) is 55.2 Å². The number of carbonyl (C=O) groups is 1. The average molecular weight is 435 g/mol. The Morgan fingerprint density at radius 1 is 1.16 bits per heavy atom. The largest absolute Gasteiger partial charge is 0.497 e. The number of likely N-dealkylation sites (tertiary alicyclic amines) is 1. The van der Waals surface area contributed by atoms with Crippen LogP contribution in [0.15, 0.2) is 54.7 Å². The smallest absolute Gasteiger partial charge is 0.254 e. The molecule has 1 aliphatic heterocycles. The number of rotatable bonds is 5. The third-order valence-electron chi connectivity index (χ3n) is 5.74. The van der Waals surface area contributed by atoms with Gasteiger partial charge in [-0.1, -0.05) is 18.2 Å². The Morgan fingerprint density at radius 2 is 1.97 bits per heavy atom. The standard InChI is InChI=1S/C25H27FN4O2/c1-29(2)25-27-16-21(17-8-6-10-19(26)14-17)23(28-25)22-12-4-5-13-30(22)24(31)18-9-7-11-20(15-18)32-3/h6-11,14-16,22H,4-5,12-13H2,1-3H3. The first-order chi connectivity index (χ1) is 15.5. The Balaban J connectivity index is 1.80. The predicted octanol–water partition coefficient (Wildman–Crippen LogP) is 4.72. The van der Waals surface area contributed by atoms with Gasteiger partial charge in [-0.25, -0.2) is 14.4 Å². The molecule has 0 N–H and O–H groups in total. The number of anilines is 1. The summed E-state index contributed by atoms with van der Waals surface area (Å²) in [6, 6.07) is 13.4. The van der Waals surface area contributed by atoms with Gasteiger partial charge in [0, 0.05) is 38.0 Å². The van der Waals surface area contributed by atoms with Gasteiger partial charge < -0.3 is 14.5 Å². The monoisotopic (exact) mass is 434 g/mol. The molecule has 2 aromatic carbocycles. The molecule has 1 aromatic heterocycles. The molecule has 0 radical (unpaired) electrons. The molecule has 1 saturated heterocycles. The second-order valence-corrected chi connectivity index (χ2v) is 8.12. The molecule has 0 bridgehead atoms. The molecule has 6 nitrogen and oxygen atoms in total. The summed E-state index contributed by atoms with van der Waals surface area (Å²) in [6.45, 7) is 0.630. The van der Waals surface area contributed by atoms with Crippen molar-refractivity contribution in [2.24, 2.45) is 0 Å². The van der Waals surface area contributed by atoms with Crippen molar-refractivity contribution in [1.82, 2.24) is 14.9 Å². The highest BCUT2D eigenvalue weighted by Crippen LogP contribution is 2.37. The fourth-order valence-corrected chi connectivity index (χ4v) is 4.11. The van der Waals surface area contributed by atoms with Crippen LogP contribution in [0.3, 0.4) is 0 Å². The van der Waals surface area contributed by atoms with Crippen LogP contribution in [0.4, 0.5) is 10.3 Å².